The quantitative estimate of drug-likeness (QED) is 0.574. The van der Waals surface area contributed by atoms with Crippen molar-refractivity contribution in [2.75, 3.05) is 13.2 Å². The molecule has 2 aliphatic heterocycles. The van der Waals surface area contributed by atoms with Gasteiger partial charge in [-0.05, 0) is 43.4 Å². The summed E-state index contributed by atoms with van der Waals surface area (Å²) in [6.45, 7) is 7.60. The van der Waals surface area contributed by atoms with Crippen LogP contribution in [-0.2, 0) is 19.2 Å². The van der Waals surface area contributed by atoms with Crippen LogP contribution in [0.15, 0.2) is 12.2 Å². The van der Waals surface area contributed by atoms with Gasteiger partial charge >= 0.3 is 11.9 Å². The van der Waals surface area contributed by atoms with E-state index in [1.165, 1.54) is 18.4 Å². The number of nitrogens with two attached hydrogens (primary N) is 1. The lowest BCUT2D eigenvalue weighted by Gasteiger charge is -2.49. The van der Waals surface area contributed by atoms with Gasteiger partial charge in [-0.25, -0.2) is 5.48 Å². The summed E-state index contributed by atoms with van der Waals surface area (Å²) >= 11 is 0. The number of hydroxylamine groups is 1. The molecule has 0 unspecified atom stereocenters. The molecule has 6 heteroatoms. The van der Waals surface area contributed by atoms with Crippen LogP contribution in [0.3, 0.4) is 0 Å². The predicted molar refractivity (Wildman–Crippen MR) is 85.4 cm³/mol. The number of hydrogen-bond acceptors (Lipinski definition) is 4. The van der Waals surface area contributed by atoms with E-state index in [-0.39, 0.29) is 41.3 Å². The summed E-state index contributed by atoms with van der Waals surface area (Å²) < 4.78 is 5.75. The third-order valence-electron chi connectivity index (χ3n) is 6.77. The summed E-state index contributed by atoms with van der Waals surface area (Å²) in [4.78, 5) is 29.0. The van der Waals surface area contributed by atoms with Gasteiger partial charge in [0, 0.05) is 5.92 Å². The number of amides is 1. The van der Waals surface area contributed by atoms with E-state index in [9.17, 15) is 9.59 Å². The molecule has 24 heavy (non-hydrogen) atoms. The number of carbonyl (C=O) groups excluding carboxylic acids is 2. The molecular formula is C18H27N2O4+. The first kappa shape index (κ1) is 16.1. The van der Waals surface area contributed by atoms with Crippen LogP contribution in [0.4, 0.5) is 0 Å². The molecule has 0 spiro atoms. The molecule has 2 saturated carbocycles. The fourth-order valence-corrected chi connectivity index (χ4v) is 5.37. The third-order valence-corrected chi connectivity index (χ3v) is 6.77. The lowest BCUT2D eigenvalue weighted by atomic mass is 9.55. The van der Waals surface area contributed by atoms with Gasteiger partial charge in [0.1, 0.15) is 18.6 Å². The van der Waals surface area contributed by atoms with Crippen molar-refractivity contribution in [2.24, 2.45) is 23.2 Å². The number of quaternary nitrogens is 1. The summed E-state index contributed by atoms with van der Waals surface area (Å²) in [6.07, 6.45) is 5.51. The van der Waals surface area contributed by atoms with Crippen molar-refractivity contribution in [1.29, 1.82) is 0 Å². The van der Waals surface area contributed by atoms with Crippen LogP contribution in [0.25, 0.3) is 0 Å². The fraction of sp³-hybridized carbons (Fsp3) is 0.778. The number of ether oxygens (including phenoxy) is 1. The maximum Gasteiger partial charge on any atom is 0.315 e. The Balaban J connectivity index is 1.46. The van der Waals surface area contributed by atoms with E-state index in [1.54, 1.807) is 0 Å². The van der Waals surface area contributed by atoms with E-state index in [4.69, 9.17) is 9.57 Å². The average molecular weight is 335 g/mol. The zero-order chi connectivity index (χ0) is 16.9. The van der Waals surface area contributed by atoms with Gasteiger partial charge < -0.3 is 10.1 Å². The summed E-state index contributed by atoms with van der Waals surface area (Å²) in [5.74, 6) is 0.431. The second-order valence-corrected chi connectivity index (χ2v) is 8.26. The van der Waals surface area contributed by atoms with Crippen molar-refractivity contribution in [3.8, 4) is 0 Å². The molecule has 6 atom stereocenters. The smallest absolute Gasteiger partial charge is 0.315 e. The molecule has 3 N–H and O–H groups in total. The molecule has 6 nitrogen and oxygen atoms in total. The standard InChI is InChI=1S/C18H26N2O4/c1-10-4-3-5-18(2)7-15-11(6-13(10)18)12(17(22)24-15)8-19-14-9-23-20-16(14)21/h11-15,19H,1,3-9H2,2H3,(H,20,21)/p+1/t11-,12-,13-,14-,15-,18-/m1/s1. The van der Waals surface area contributed by atoms with E-state index in [0.717, 1.165) is 19.3 Å². The largest absolute Gasteiger partial charge is 0.462 e. The van der Waals surface area contributed by atoms with Gasteiger partial charge in [0.25, 0.3) is 0 Å². The van der Waals surface area contributed by atoms with E-state index in [1.807, 2.05) is 5.32 Å². The molecule has 4 fully saturated rings. The second kappa shape index (κ2) is 5.85. The zero-order valence-corrected chi connectivity index (χ0v) is 14.3. The van der Waals surface area contributed by atoms with Crippen LogP contribution < -0.4 is 10.8 Å². The molecule has 0 aromatic heterocycles. The molecule has 0 radical (unpaired) electrons. The summed E-state index contributed by atoms with van der Waals surface area (Å²) in [5, 5.41) is 1.93. The number of fused-ring (bicyclic) bond motifs is 2. The van der Waals surface area contributed by atoms with Crippen LogP contribution in [0.5, 0.6) is 0 Å². The first-order valence-corrected chi connectivity index (χ1v) is 9.11. The first-order chi connectivity index (χ1) is 11.5. The minimum Gasteiger partial charge on any atom is -0.462 e. The Hall–Kier alpha value is -1.40. The third kappa shape index (κ3) is 2.56. The molecule has 4 aliphatic rings. The normalized spacial score (nSPS) is 44.7. The fourth-order valence-electron chi connectivity index (χ4n) is 5.37. The number of carbonyl (C=O) groups is 2. The molecule has 0 bridgehead atoms. The monoisotopic (exact) mass is 335 g/mol. The number of nitrogens with one attached hydrogen (secondary N) is 1. The van der Waals surface area contributed by atoms with Crippen molar-refractivity contribution in [3.05, 3.63) is 12.2 Å². The lowest BCUT2D eigenvalue weighted by Crippen LogP contribution is -2.93. The molecule has 0 aromatic rings. The van der Waals surface area contributed by atoms with Crippen LogP contribution in [0, 0.1) is 23.2 Å². The molecule has 4 rings (SSSR count). The van der Waals surface area contributed by atoms with E-state index >= 15 is 0 Å². The summed E-state index contributed by atoms with van der Waals surface area (Å²) in [7, 11) is 0. The Morgan fingerprint density at radius 3 is 3.00 bits per heavy atom. The van der Waals surface area contributed by atoms with Gasteiger partial charge in [-0.15, -0.1) is 0 Å². The highest BCUT2D eigenvalue weighted by atomic mass is 16.7. The minimum absolute atomic E-state index is 0.0386. The maximum absolute atomic E-state index is 12.4. The topological polar surface area (TPSA) is 81.2 Å². The molecule has 132 valence electrons. The average Bonchev–Trinajstić information content (AvgIpc) is 3.05. The van der Waals surface area contributed by atoms with Crippen molar-refractivity contribution in [3.63, 3.8) is 0 Å². The van der Waals surface area contributed by atoms with Gasteiger partial charge in [0.2, 0.25) is 0 Å². The highest BCUT2D eigenvalue weighted by Crippen LogP contribution is 2.56. The van der Waals surface area contributed by atoms with Crippen molar-refractivity contribution >= 4 is 11.9 Å². The maximum atomic E-state index is 12.4. The van der Waals surface area contributed by atoms with Crippen molar-refractivity contribution in [1.82, 2.24) is 5.48 Å². The molecule has 2 aliphatic carbocycles. The Labute approximate surface area is 142 Å². The zero-order valence-electron chi connectivity index (χ0n) is 14.3. The molecule has 1 amide bonds. The van der Waals surface area contributed by atoms with Crippen LogP contribution >= 0.6 is 0 Å². The van der Waals surface area contributed by atoms with Gasteiger partial charge in [0.05, 0.1) is 6.54 Å². The lowest BCUT2D eigenvalue weighted by molar-refractivity contribution is -0.679. The SMILES string of the molecule is C=C1CCC[C@]2(C)C[C@H]3OC(=O)[C@H](C[NH2+][C@@H]4CONC4=O)[C@H]3C[C@H]12. The van der Waals surface area contributed by atoms with Gasteiger partial charge in [-0.3, -0.25) is 14.4 Å². The Kier molecular flexibility index (Phi) is 3.92. The van der Waals surface area contributed by atoms with Gasteiger partial charge in [0.15, 0.2) is 6.04 Å². The molecular weight excluding hydrogens is 308 g/mol. The number of hydrogen-bond donors (Lipinski definition) is 2. The van der Waals surface area contributed by atoms with Crippen molar-refractivity contribution in [2.45, 2.75) is 51.2 Å². The Morgan fingerprint density at radius 1 is 1.42 bits per heavy atom. The number of allylic oxidation sites excluding steroid dienone is 1. The Morgan fingerprint density at radius 2 is 2.25 bits per heavy atom. The first-order valence-electron chi connectivity index (χ1n) is 9.11. The highest BCUT2D eigenvalue weighted by Gasteiger charge is 2.55. The summed E-state index contributed by atoms with van der Waals surface area (Å²) in [5.41, 5.74) is 3.95. The van der Waals surface area contributed by atoms with E-state index in [0.29, 0.717) is 19.1 Å². The number of esters is 1. The predicted octanol–water partition coefficient (Wildman–Crippen LogP) is 0.294. The second-order valence-electron chi connectivity index (χ2n) is 8.26. The number of rotatable bonds is 3. The van der Waals surface area contributed by atoms with E-state index < -0.39 is 0 Å². The van der Waals surface area contributed by atoms with E-state index in [2.05, 4.69) is 19.0 Å². The van der Waals surface area contributed by atoms with Crippen LogP contribution in [0.1, 0.15) is 39.0 Å². The van der Waals surface area contributed by atoms with Crippen LogP contribution in [0.2, 0.25) is 0 Å². The van der Waals surface area contributed by atoms with Gasteiger partial charge in [-0.1, -0.05) is 19.1 Å². The molecule has 0 aromatic carbocycles. The van der Waals surface area contributed by atoms with Crippen LogP contribution in [-0.4, -0.2) is 37.2 Å². The van der Waals surface area contributed by atoms with Gasteiger partial charge in [-0.2, -0.15) is 0 Å². The molecule has 2 heterocycles. The molecule has 2 saturated heterocycles. The Bertz CT molecular complexity index is 577. The summed E-state index contributed by atoms with van der Waals surface area (Å²) in [6, 6.07) is -0.254. The minimum atomic E-state index is -0.254. The van der Waals surface area contributed by atoms with Crippen molar-refractivity contribution < 1.29 is 24.5 Å². The highest BCUT2D eigenvalue weighted by molar-refractivity contribution is 5.80.